The lowest BCUT2D eigenvalue weighted by atomic mass is 9.71. The summed E-state index contributed by atoms with van der Waals surface area (Å²) in [4.78, 5) is 24.4. The van der Waals surface area contributed by atoms with Crippen molar-refractivity contribution >= 4 is 11.6 Å². The second-order valence-corrected chi connectivity index (χ2v) is 6.32. The Balaban J connectivity index is 3.17. The third-order valence-corrected chi connectivity index (χ3v) is 4.31. The van der Waals surface area contributed by atoms with Crippen molar-refractivity contribution in [1.82, 2.24) is 0 Å². The Morgan fingerprint density at radius 1 is 0.778 bits per heavy atom. The van der Waals surface area contributed by atoms with E-state index in [-0.39, 0.29) is 22.4 Å². The number of carbonyl (C=O) groups is 2. The smallest absolute Gasteiger partial charge is 0.182 e. The van der Waals surface area contributed by atoms with Gasteiger partial charge in [0.1, 0.15) is 0 Å². The van der Waals surface area contributed by atoms with E-state index in [4.69, 9.17) is 0 Å². The van der Waals surface area contributed by atoms with Gasteiger partial charge >= 0.3 is 0 Å². The second kappa shape index (κ2) is 4.83. The van der Waals surface area contributed by atoms with Gasteiger partial charge in [0.05, 0.1) is 0 Å². The Morgan fingerprint density at radius 2 is 1.06 bits per heavy atom. The van der Waals surface area contributed by atoms with Crippen LogP contribution in [0.15, 0.2) is 23.3 Å². The molecule has 0 heterocycles. The monoisotopic (exact) mass is 248 g/mol. The van der Waals surface area contributed by atoms with Crippen molar-refractivity contribution < 1.29 is 9.59 Å². The second-order valence-electron chi connectivity index (χ2n) is 6.32. The highest BCUT2D eigenvalue weighted by molar-refractivity contribution is 6.20. The lowest BCUT2D eigenvalue weighted by Crippen LogP contribution is -2.29. The van der Waals surface area contributed by atoms with Gasteiger partial charge in [-0.1, -0.05) is 41.5 Å². The molecule has 2 heteroatoms. The van der Waals surface area contributed by atoms with Crippen LogP contribution in [0, 0.1) is 10.8 Å². The van der Waals surface area contributed by atoms with E-state index < -0.39 is 0 Å². The zero-order valence-corrected chi connectivity index (χ0v) is 12.4. The number of rotatable bonds is 4. The van der Waals surface area contributed by atoms with Gasteiger partial charge in [0.2, 0.25) is 0 Å². The summed E-state index contributed by atoms with van der Waals surface area (Å²) in [5.41, 5.74) is 0.826. The van der Waals surface area contributed by atoms with E-state index >= 15 is 0 Å². The van der Waals surface area contributed by atoms with E-state index in [0.717, 1.165) is 12.8 Å². The van der Waals surface area contributed by atoms with E-state index in [2.05, 4.69) is 0 Å². The SMILES string of the molecule is CCC(C)(C)C1=CC(=O)C(C(C)(C)CC)=CC1=O. The van der Waals surface area contributed by atoms with Crippen LogP contribution in [0.25, 0.3) is 0 Å². The van der Waals surface area contributed by atoms with Crippen LogP contribution in [0.1, 0.15) is 54.4 Å². The molecular formula is C16H24O2. The van der Waals surface area contributed by atoms with Gasteiger partial charge in [-0.05, 0) is 35.8 Å². The van der Waals surface area contributed by atoms with E-state index in [1.807, 2.05) is 41.5 Å². The quantitative estimate of drug-likeness (QED) is 0.708. The van der Waals surface area contributed by atoms with E-state index in [1.165, 1.54) is 0 Å². The van der Waals surface area contributed by atoms with E-state index in [9.17, 15) is 9.59 Å². The standard InChI is InChI=1S/C16H24O2/c1-7-15(3,4)11-9-14(18)12(10-13(11)17)16(5,6)8-2/h9-10H,7-8H2,1-6H3. The summed E-state index contributed by atoms with van der Waals surface area (Å²) in [5.74, 6) is -0.00375. The van der Waals surface area contributed by atoms with Crippen LogP contribution >= 0.6 is 0 Å². The Morgan fingerprint density at radius 3 is 1.28 bits per heavy atom. The van der Waals surface area contributed by atoms with Crippen LogP contribution < -0.4 is 0 Å². The topological polar surface area (TPSA) is 34.1 Å². The van der Waals surface area contributed by atoms with Crippen molar-refractivity contribution in [3.05, 3.63) is 23.3 Å². The predicted molar refractivity (Wildman–Crippen MR) is 74.3 cm³/mol. The van der Waals surface area contributed by atoms with Crippen LogP contribution in [0.3, 0.4) is 0 Å². The first-order valence-electron chi connectivity index (χ1n) is 6.68. The highest BCUT2D eigenvalue weighted by Crippen LogP contribution is 2.38. The molecule has 0 aliphatic heterocycles. The molecule has 0 amide bonds. The van der Waals surface area contributed by atoms with Gasteiger partial charge in [-0.25, -0.2) is 0 Å². The molecule has 1 aliphatic carbocycles. The normalized spacial score (nSPS) is 17.7. The molecule has 0 bridgehead atoms. The first-order chi connectivity index (χ1) is 8.15. The van der Waals surface area contributed by atoms with Gasteiger partial charge in [-0.2, -0.15) is 0 Å². The van der Waals surface area contributed by atoms with Crippen LogP contribution in [0.5, 0.6) is 0 Å². The maximum absolute atomic E-state index is 12.2. The zero-order valence-electron chi connectivity index (χ0n) is 12.4. The molecule has 0 N–H and O–H groups in total. The first-order valence-corrected chi connectivity index (χ1v) is 6.68. The van der Waals surface area contributed by atoms with Crippen LogP contribution in [-0.4, -0.2) is 11.6 Å². The fraction of sp³-hybridized carbons (Fsp3) is 0.625. The van der Waals surface area contributed by atoms with Gasteiger partial charge in [0.25, 0.3) is 0 Å². The van der Waals surface area contributed by atoms with Crippen molar-refractivity contribution in [2.45, 2.75) is 54.4 Å². The number of allylic oxidation sites excluding steroid dienone is 4. The molecule has 1 aliphatic rings. The summed E-state index contributed by atoms with van der Waals surface area (Å²) in [5, 5.41) is 0. The van der Waals surface area contributed by atoms with E-state index in [0.29, 0.717) is 11.1 Å². The summed E-state index contributed by atoms with van der Waals surface area (Å²) in [6.45, 7) is 12.1. The number of carbonyl (C=O) groups excluding carboxylic acids is 2. The lowest BCUT2D eigenvalue weighted by Gasteiger charge is -2.31. The summed E-state index contributed by atoms with van der Waals surface area (Å²) >= 11 is 0. The molecule has 0 radical (unpaired) electrons. The Hall–Kier alpha value is -1.18. The molecule has 0 spiro atoms. The molecule has 0 aromatic rings. The lowest BCUT2D eigenvalue weighted by molar-refractivity contribution is -0.116. The fourth-order valence-corrected chi connectivity index (χ4v) is 2.00. The molecule has 2 nitrogen and oxygen atoms in total. The van der Waals surface area contributed by atoms with Crippen molar-refractivity contribution in [3.63, 3.8) is 0 Å². The van der Waals surface area contributed by atoms with Crippen molar-refractivity contribution in [2.24, 2.45) is 10.8 Å². The highest BCUT2D eigenvalue weighted by atomic mass is 16.1. The summed E-state index contributed by atoms with van der Waals surface area (Å²) < 4.78 is 0. The first kappa shape index (κ1) is 14.9. The minimum atomic E-state index is -0.231. The molecule has 18 heavy (non-hydrogen) atoms. The van der Waals surface area contributed by atoms with Gasteiger partial charge < -0.3 is 0 Å². The third-order valence-electron chi connectivity index (χ3n) is 4.31. The van der Waals surface area contributed by atoms with Gasteiger partial charge in [-0.3, -0.25) is 9.59 Å². The Kier molecular flexibility index (Phi) is 3.99. The van der Waals surface area contributed by atoms with Crippen molar-refractivity contribution in [3.8, 4) is 0 Å². The van der Waals surface area contributed by atoms with Gasteiger partial charge in [0, 0.05) is 11.1 Å². The fourth-order valence-electron chi connectivity index (χ4n) is 2.00. The molecule has 0 saturated heterocycles. The number of hydrogen-bond acceptors (Lipinski definition) is 2. The molecule has 100 valence electrons. The average Bonchev–Trinajstić information content (AvgIpc) is 2.31. The van der Waals surface area contributed by atoms with E-state index in [1.54, 1.807) is 12.2 Å². The molecule has 0 unspecified atom stereocenters. The predicted octanol–water partition coefficient (Wildman–Crippen LogP) is 3.86. The summed E-state index contributed by atoms with van der Waals surface area (Å²) in [7, 11) is 0. The Labute approximate surface area is 110 Å². The molecule has 0 aromatic heterocycles. The van der Waals surface area contributed by atoms with Crippen LogP contribution in [0.2, 0.25) is 0 Å². The number of ketones is 2. The molecular weight excluding hydrogens is 224 g/mol. The Bertz CT molecular complexity index is 392. The maximum Gasteiger partial charge on any atom is 0.182 e. The van der Waals surface area contributed by atoms with Gasteiger partial charge in [-0.15, -0.1) is 0 Å². The zero-order chi connectivity index (χ0) is 14.1. The van der Waals surface area contributed by atoms with Crippen LogP contribution in [0.4, 0.5) is 0 Å². The molecule has 0 aromatic carbocycles. The summed E-state index contributed by atoms with van der Waals surface area (Å²) in [6.07, 6.45) is 4.80. The molecule has 1 rings (SSSR count). The molecule has 0 saturated carbocycles. The van der Waals surface area contributed by atoms with Crippen LogP contribution in [-0.2, 0) is 9.59 Å². The third kappa shape index (κ3) is 2.63. The molecule has 0 fully saturated rings. The largest absolute Gasteiger partial charge is 0.290 e. The minimum absolute atomic E-state index is 0.00187. The van der Waals surface area contributed by atoms with Crippen molar-refractivity contribution in [2.75, 3.05) is 0 Å². The molecule has 0 atom stereocenters. The number of hydrogen-bond donors (Lipinski definition) is 0. The summed E-state index contributed by atoms with van der Waals surface area (Å²) in [6, 6.07) is 0. The maximum atomic E-state index is 12.2. The van der Waals surface area contributed by atoms with Gasteiger partial charge in [0.15, 0.2) is 11.6 Å². The minimum Gasteiger partial charge on any atom is -0.290 e. The highest BCUT2D eigenvalue weighted by Gasteiger charge is 2.34. The average molecular weight is 248 g/mol. The van der Waals surface area contributed by atoms with Crippen molar-refractivity contribution in [1.29, 1.82) is 0 Å².